The Morgan fingerprint density at radius 2 is 2.28 bits per heavy atom. The second-order valence-electron chi connectivity index (χ2n) is 5.01. The fraction of sp³-hybridized carbons (Fsp3) is 0.545. The highest BCUT2D eigenvalue weighted by Gasteiger charge is 2.17. The van der Waals surface area contributed by atoms with Crippen LogP contribution in [0.5, 0.6) is 0 Å². The van der Waals surface area contributed by atoms with E-state index in [2.05, 4.69) is 34.5 Å². The molecule has 0 fully saturated rings. The summed E-state index contributed by atoms with van der Waals surface area (Å²) in [5.74, 6) is 0.608. The van der Waals surface area contributed by atoms with E-state index in [9.17, 15) is 4.79 Å². The topological polar surface area (TPSA) is 95.3 Å². The van der Waals surface area contributed by atoms with Crippen LogP contribution in [0, 0.1) is 5.41 Å². The molecule has 0 aliphatic carbocycles. The van der Waals surface area contributed by atoms with Crippen LogP contribution in [0.1, 0.15) is 20.3 Å². The van der Waals surface area contributed by atoms with Crippen molar-refractivity contribution in [3.63, 3.8) is 0 Å². The summed E-state index contributed by atoms with van der Waals surface area (Å²) in [6.07, 6.45) is 0.702. The molecule has 2 rings (SSSR count). The molecular formula is C11H17N5O2. The number of aromatic amines is 1. The van der Waals surface area contributed by atoms with Gasteiger partial charge in [-0.25, -0.2) is 9.89 Å². The Bertz CT molecular complexity index is 586. The standard InChI is InChI=1S/C11H17N5O2/c1-11(2,5-6-17)7-12-8-3-4-9-13-14-10(18)16(9)15-8/h3-4,17H,5-7H2,1-2H3,(H,12,15)(H,14,18). The van der Waals surface area contributed by atoms with Crippen molar-refractivity contribution in [2.24, 2.45) is 5.41 Å². The van der Waals surface area contributed by atoms with Crippen molar-refractivity contribution in [3.05, 3.63) is 22.6 Å². The number of hydrogen-bond donors (Lipinski definition) is 3. The van der Waals surface area contributed by atoms with Gasteiger partial charge in [-0.15, -0.1) is 5.10 Å². The molecule has 0 bridgehead atoms. The van der Waals surface area contributed by atoms with Crippen LogP contribution in [0.2, 0.25) is 0 Å². The van der Waals surface area contributed by atoms with Crippen LogP contribution >= 0.6 is 0 Å². The number of nitrogens with zero attached hydrogens (tertiary/aromatic N) is 3. The Morgan fingerprint density at radius 3 is 3.00 bits per heavy atom. The summed E-state index contributed by atoms with van der Waals surface area (Å²) in [7, 11) is 0. The maximum absolute atomic E-state index is 11.4. The molecule has 0 unspecified atom stereocenters. The Balaban J connectivity index is 2.12. The van der Waals surface area contributed by atoms with Crippen LogP contribution in [0.4, 0.5) is 5.82 Å². The summed E-state index contributed by atoms with van der Waals surface area (Å²) in [4.78, 5) is 11.4. The molecule has 18 heavy (non-hydrogen) atoms. The first kappa shape index (κ1) is 12.6. The predicted octanol–water partition coefficient (Wildman–Crippen LogP) is 0.238. The van der Waals surface area contributed by atoms with Crippen molar-refractivity contribution in [2.45, 2.75) is 20.3 Å². The molecule has 2 heterocycles. The Hall–Kier alpha value is -1.89. The molecule has 0 aromatic carbocycles. The van der Waals surface area contributed by atoms with Gasteiger partial charge in [-0.05, 0) is 24.0 Å². The number of hydrogen-bond acceptors (Lipinski definition) is 5. The van der Waals surface area contributed by atoms with Gasteiger partial charge in [-0.3, -0.25) is 0 Å². The quantitative estimate of drug-likeness (QED) is 0.707. The summed E-state index contributed by atoms with van der Waals surface area (Å²) < 4.78 is 1.21. The van der Waals surface area contributed by atoms with E-state index >= 15 is 0 Å². The normalized spacial score (nSPS) is 11.9. The molecule has 0 saturated heterocycles. The molecule has 0 amide bonds. The van der Waals surface area contributed by atoms with E-state index in [1.54, 1.807) is 12.1 Å². The molecule has 0 aliphatic heterocycles. The number of H-pyrrole nitrogens is 1. The second-order valence-corrected chi connectivity index (χ2v) is 5.01. The van der Waals surface area contributed by atoms with E-state index in [1.807, 2.05) is 0 Å². The van der Waals surface area contributed by atoms with Crippen molar-refractivity contribution in [2.75, 3.05) is 18.5 Å². The predicted molar refractivity (Wildman–Crippen MR) is 67.6 cm³/mol. The molecule has 0 aliphatic rings. The molecule has 0 saturated carbocycles. The van der Waals surface area contributed by atoms with Crippen molar-refractivity contribution in [1.82, 2.24) is 19.8 Å². The lowest BCUT2D eigenvalue weighted by Crippen LogP contribution is -2.25. The summed E-state index contributed by atoms with van der Waals surface area (Å²) in [5, 5.41) is 22.4. The fourth-order valence-electron chi connectivity index (χ4n) is 1.62. The third-order valence-electron chi connectivity index (χ3n) is 2.81. The van der Waals surface area contributed by atoms with Crippen LogP contribution in [0.15, 0.2) is 16.9 Å². The van der Waals surface area contributed by atoms with Gasteiger partial charge in [0.15, 0.2) is 5.65 Å². The van der Waals surface area contributed by atoms with Crippen molar-refractivity contribution < 1.29 is 5.11 Å². The van der Waals surface area contributed by atoms with Crippen LogP contribution < -0.4 is 11.0 Å². The van der Waals surface area contributed by atoms with Crippen LogP contribution in [-0.4, -0.2) is 38.1 Å². The number of aliphatic hydroxyl groups excluding tert-OH is 1. The largest absolute Gasteiger partial charge is 0.396 e. The molecule has 0 spiro atoms. The van der Waals surface area contributed by atoms with Gasteiger partial charge in [0.25, 0.3) is 0 Å². The minimum Gasteiger partial charge on any atom is -0.396 e. The van der Waals surface area contributed by atoms with Crippen LogP contribution in [0.3, 0.4) is 0 Å². The molecule has 98 valence electrons. The third-order valence-corrected chi connectivity index (χ3v) is 2.81. The average Bonchev–Trinajstić information content (AvgIpc) is 2.69. The maximum atomic E-state index is 11.4. The fourth-order valence-corrected chi connectivity index (χ4v) is 1.62. The van der Waals surface area contributed by atoms with Gasteiger partial charge in [0, 0.05) is 13.2 Å². The minimum atomic E-state index is -0.358. The van der Waals surface area contributed by atoms with E-state index in [0.717, 1.165) is 0 Å². The Morgan fingerprint density at radius 1 is 1.50 bits per heavy atom. The lowest BCUT2D eigenvalue weighted by molar-refractivity contribution is 0.220. The highest BCUT2D eigenvalue weighted by molar-refractivity contribution is 5.42. The van der Waals surface area contributed by atoms with Crippen molar-refractivity contribution in [1.29, 1.82) is 0 Å². The first-order valence-corrected chi connectivity index (χ1v) is 5.81. The third kappa shape index (κ3) is 2.67. The van der Waals surface area contributed by atoms with E-state index < -0.39 is 0 Å². The SMILES string of the molecule is CC(C)(CCO)CNc1ccc2n[nH]c(=O)n2n1. The smallest absolute Gasteiger partial charge is 0.364 e. The van der Waals surface area contributed by atoms with Crippen LogP contribution in [-0.2, 0) is 0 Å². The zero-order chi connectivity index (χ0) is 13.2. The first-order chi connectivity index (χ1) is 8.52. The number of rotatable bonds is 5. The van der Waals surface area contributed by atoms with Crippen molar-refractivity contribution in [3.8, 4) is 0 Å². The zero-order valence-corrected chi connectivity index (χ0v) is 10.5. The highest BCUT2D eigenvalue weighted by Crippen LogP contribution is 2.19. The molecule has 0 radical (unpaired) electrons. The van der Waals surface area contributed by atoms with Gasteiger partial charge in [-0.1, -0.05) is 13.8 Å². The highest BCUT2D eigenvalue weighted by atomic mass is 16.3. The molecule has 2 aromatic rings. The molecule has 7 nitrogen and oxygen atoms in total. The zero-order valence-electron chi connectivity index (χ0n) is 10.5. The molecule has 3 N–H and O–H groups in total. The van der Waals surface area contributed by atoms with Gasteiger partial charge >= 0.3 is 5.69 Å². The van der Waals surface area contributed by atoms with E-state index in [-0.39, 0.29) is 17.7 Å². The Labute approximate surface area is 104 Å². The van der Waals surface area contributed by atoms with Crippen molar-refractivity contribution >= 4 is 11.5 Å². The number of nitrogens with one attached hydrogen (secondary N) is 2. The van der Waals surface area contributed by atoms with Gasteiger partial charge in [-0.2, -0.15) is 9.61 Å². The maximum Gasteiger partial charge on any atom is 0.364 e. The summed E-state index contributed by atoms with van der Waals surface area (Å²) in [6, 6.07) is 3.48. The van der Waals surface area contributed by atoms with Gasteiger partial charge < -0.3 is 10.4 Å². The monoisotopic (exact) mass is 251 g/mol. The van der Waals surface area contributed by atoms with Crippen LogP contribution in [0.25, 0.3) is 5.65 Å². The summed E-state index contributed by atoms with van der Waals surface area (Å²) in [5.41, 5.74) is 0.0932. The van der Waals surface area contributed by atoms with E-state index in [4.69, 9.17) is 5.11 Å². The molecular weight excluding hydrogens is 234 g/mol. The number of fused-ring (bicyclic) bond motifs is 1. The lowest BCUT2D eigenvalue weighted by Gasteiger charge is -2.23. The van der Waals surface area contributed by atoms with Gasteiger partial charge in [0.05, 0.1) is 0 Å². The number of anilines is 1. The summed E-state index contributed by atoms with van der Waals surface area (Å²) in [6.45, 7) is 4.93. The first-order valence-electron chi connectivity index (χ1n) is 5.81. The second kappa shape index (κ2) is 4.77. The lowest BCUT2D eigenvalue weighted by atomic mass is 9.90. The van der Waals surface area contributed by atoms with E-state index in [0.29, 0.717) is 24.4 Å². The number of aromatic nitrogens is 4. The average molecular weight is 251 g/mol. The van der Waals surface area contributed by atoms with Gasteiger partial charge in [0.2, 0.25) is 0 Å². The Kier molecular flexibility index (Phi) is 3.33. The van der Waals surface area contributed by atoms with Gasteiger partial charge in [0.1, 0.15) is 5.82 Å². The molecule has 7 heteroatoms. The minimum absolute atomic E-state index is 0.0350. The summed E-state index contributed by atoms with van der Waals surface area (Å²) >= 11 is 0. The van der Waals surface area contributed by atoms with E-state index in [1.165, 1.54) is 4.52 Å². The molecule has 2 aromatic heterocycles. The molecule has 0 atom stereocenters. The number of aliphatic hydroxyl groups is 1.